The molecule has 0 aliphatic carbocycles. The Morgan fingerprint density at radius 2 is 1.68 bits per heavy atom. The van der Waals surface area contributed by atoms with Crippen LogP contribution in [0.25, 0.3) is 0 Å². The van der Waals surface area contributed by atoms with E-state index >= 15 is 0 Å². The van der Waals surface area contributed by atoms with Crippen molar-refractivity contribution in [2.45, 2.75) is 20.4 Å². The number of aromatic nitrogens is 2. The van der Waals surface area contributed by atoms with E-state index in [4.69, 9.17) is 9.47 Å². The van der Waals surface area contributed by atoms with E-state index in [1.165, 1.54) is 0 Å². The first-order chi connectivity index (χ1) is 13.4. The summed E-state index contributed by atoms with van der Waals surface area (Å²) in [5.41, 5.74) is 4.56. The summed E-state index contributed by atoms with van der Waals surface area (Å²) in [5.74, 6) is 1.12. The first-order valence-electron chi connectivity index (χ1n) is 9.03. The second-order valence-corrected chi connectivity index (χ2v) is 6.69. The van der Waals surface area contributed by atoms with Crippen LogP contribution in [0.2, 0.25) is 0 Å². The lowest BCUT2D eigenvalue weighted by Gasteiger charge is -2.19. The van der Waals surface area contributed by atoms with Gasteiger partial charge in [0.15, 0.2) is 11.5 Å². The molecule has 1 aromatic heterocycles. The second-order valence-electron chi connectivity index (χ2n) is 6.69. The van der Waals surface area contributed by atoms with Gasteiger partial charge in [-0.15, -0.1) is 0 Å². The molecule has 1 heterocycles. The highest BCUT2D eigenvalue weighted by atomic mass is 16.5. The summed E-state index contributed by atoms with van der Waals surface area (Å²) in [5, 5.41) is 4.48. The maximum atomic E-state index is 12.9. The predicted octanol–water partition coefficient (Wildman–Crippen LogP) is 3.84. The monoisotopic (exact) mass is 379 g/mol. The summed E-state index contributed by atoms with van der Waals surface area (Å²) in [6.07, 6.45) is 0. The van der Waals surface area contributed by atoms with E-state index in [0.717, 1.165) is 22.6 Å². The van der Waals surface area contributed by atoms with Gasteiger partial charge in [-0.05, 0) is 49.7 Å². The number of nitrogens with zero attached hydrogens (tertiary/aromatic N) is 3. The van der Waals surface area contributed by atoms with E-state index in [1.54, 1.807) is 38.3 Å². The number of rotatable bonds is 6. The maximum Gasteiger partial charge on any atom is 0.258 e. The molecule has 2 aromatic carbocycles. The average molecular weight is 379 g/mol. The van der Waals surface area contributed by atoms with Crippen LogP contribution in [-0.4, -0.2) is 37.0 Å². The molecule has 0 fully saturated rings. The molecule has 28 heavy (non-hydrogen) atoms. The number of hydrogen-bond acceptors (Lipinski definition) is 4. The Kier molecular flexibility index (Phi) is 5.68. The van der Waals surface area contributed by atoms with E-state index in [-0.39, 0.29) is 5.91 Å². The van der Waals surface area contributed by atoms with Crippen LogP contribution in [0.3, 0.4) is 0 Å². The number of amides is 1. The zero-order chi connectivity index (χ0) is 20.3. The Balaban J connectivity index is 1.76. The molecule has 0 N–H and O–H groups in total. The van der Waals surface area contributed by atoms with Gasteiger partial charge < -0.3 is 14.4 Å². The van der Waals surface area contributed by atoms with Gasteiger partial charge in [0, 0.05) is 30.1 Å². The Hall–Kier alpha value is -3.28. The van der Waals surface area contributed by atoms with Gasteiger partial charge in [0.2, 0.25) is 0 Å². The number of anilines is 1. The number of methoxy groups -OCH3 is 2. The minimum absolute atomic E-state index is 0.0927. The molecule has 0 saturated carbocycles. The van der Waals surface area contributed by atoms with Crippen molar-refractivity contribution in [3.8, 4) is 11.5 Å². The molecule has 6 heteroatoms. The molecule has 0 unspecified atom stereocenters. The van der Waals surface area contributed by atoms with Crippen LogP contribution in [-0.2, 0) is 6.54 Å². The molecule has 0 bridgehead atoms. The summed E-state index contributed by atoms with van der Waals surface area (Å²) >= 11 is 0. The number of carbonyl (C=O) groups is 1. The Morgan fingerprint density at radius 3 is 2.25 bits per heavy atom. The fraction of sp³-hybridized carbons (Fsp3) is 0.273. The number of ether oxygens (including phenoxy) is 2. The lowest BCUT2D eigenvalue weighted by Crippen LogP contribution is -2.26. The van der Waals surface area contributed by atoms with E-state index in [2.05, 4.69) is 11.2 Å². The summed E-state index contributed by atoms with van der Waals surface area (Å²) in [7, 11) is 4.90. The normalized spacial score (nSPS) is 10.6. The highest BCUT2D eigenvalue weighted by molar-refractivity contribution is 6.05. The van der Waals surface area contributed by atoms with Gasteiger partial charge in [-0.1, -0.05) is 12.1 Å². The smallest absolute Gasteiger partial charge is 0.258 e. The number of carbonyl (C=O) groups excluding carboxylic acids is 1. The average Bonchev–Trinajstić information content (AvgIpc) is 3.03. The first-order valence-corrected chi connectivity index (χ1v) is 9.03. The fourth-order valence-corrected chi connectivity index (χ4v) is 3.11. The Bertz CT molecular complexity index is 977. The van der Waals surface area contributed by atoms with Crippen LogP contribution in [0.15, 0.2) is 48.5 Å². The van der Waals surface area contributed by atoms with Crippen LogP contribution in [0.1, 0.15) is 27.3 Å². The molecule has 0 aliphatic heterocycles. The first kappa shape index (κ1) is 19.5. The quantitative estimate of drug-likeness (QED) is 0.653. The van der Waals surface area contributed by atoms with Crippen LogP contribution >= 0.6 is 0 Å². The number of hydrogen-bond donors (Lipinski definition) is 0. The van der Waals surface area contributed by atoms with Gasteiger partial charge in [0.05, 0.1) is 26.5 Å². The molecule has 3 rings (SSSR count). The van der Waals surface area contributed by atoms with E-state index in [1.807, 2.05) is 48.9 Å². The topological polar surface area (TPSA) is 56.6 Å². The van der Waals surface area contributed by atoms with Crippen LogP contribution < -0.4 is 14.4 Å². The van der Waals surface area contributed by atoms with E-state index < -0.39 is 0 Å². The van der Waals surface area contributed by atoms with Crippen molar-refractivity contribution in [3.05, 3.63) is 71.0 Å². The molecule has 0 radical (unpaired) electrons. The highest BCUT2D eigenvalue weighted by Gasteiger charge is 2.16. The maximum absolute atomic E-state index is 12.9. The third kappa shape index (κ3) is 4.01. The number of benzene rings is 2. The molecule has 0 saturated heterocycles. The van der Waals surface area contributed by atoms with Crippen LogP contribution in [0.4, 0.5) is 5.69 Å². The number of aryl methyl sites for hydroxylation is 2. The molecule has 0 atom stereocenters. The predicted molar refractivity (Wildman–Crippen MR) is 110 cm³/mol. The van der Waals surface area contributed by atoms with Crippen LogP contribution in [0.5, 0.6) is 11.5 Å². The van der Waals surface area contributed by atoms with Crippen LogP contribution in [0, 0.1) is 13.8 Å². The largest absolute Gasteiger partial charge is 0.493 e. The Labute approximate surface area is 165 Å². The van der Waals surface area contributed by atoms with Gasteiger partial charge >= 0.3 is 0 Å². The molecular weight excluding hydrogens is 354 g/mol. The fourth-order valence-electron chi connectivity index (χ4n) is 3.11. The highest BCUT2D eigenvalue weighted by Crippen LogP contribution is 2.31. The summed E-state index contributed by atoms with van der Waals surface area (Å²) < 4.78 is 12.5. The van der Waals surface area contributed by atoms with Gasteiger partial charge in [-0.2, -0.15) is 5.10 Å². The van der Waals surface area contributed by atoms with E-state index in [9.17, 15) is 4.79 Å². The molecule has 0 spiro atoms. The third-order valence-electron chi connectivity index (χ3n) is 4.70. The molecule has 146 valence electrons. The van der Waals surface area contributed by atoms with Crippen molar-refractivity contribution in [1.82, 2.24) is 9.78 Å². The summed E-state index contributed by atoms with van der Waals surface area (Å²) in [6, 6.07) is 15.1. The van der Waals surface area contributed by atoms with Crippen molar-refractivity contribution >= 4 is 11.6 Å². The third-order valence-corrected chi connectivity index (χ3v) is 4.70. The molecule has 1 amide bonds. The molecule has 6 nitrogen and oxygen atoms in total. The lowest BCUT2D eigenvalue weighted by atomic mass is 10.1. The van der Waals surface area contributed by atoms with E-state index in [0.29, 0.717) is 23.6 Å². The zero-order valence-corrected chi connectivity index (χ0v) is 16.9. The van der Waals surface area contributed by atoms with Gasteiger partial charge in [0.1, 0.15) is 0 Å². The standard InChI is InChI=1S/C22H25N3O3/c1-15-12-16(2)25(23-15)14-17-6-8-18(9-7-17)22(26)24(3)19-10-11-20(27-4)21(13-19)28-5/h6-13H,14H2,1-5H3. The van der Waals surface area contributed by atoms with Gasteiger partial charge in [-0.3, -0.25) is 9.48 Å². The minimum Gasteiger partial charge on any atom is -0.493 e. The van der Waals surface area contributed by atoms with Gasteiger partial charge in [-0.25, -0.2) is 0 Å². The van der Waals surface area contributed by atoms with Crippen molar-refractivity contribution < 1.29 is 14.3 Å². The summed E-state index contributed by atoms with van der Waals surface area (Å²) in [4.78, 5) is 14.5. The lowest BCUT2D eigenvalue weighted by molar-refractivity contribution is 0.0993. The Morgan fingerprint density at radius 1 is 1.00 bits per heavy atom. The summed E-state index contributed by atoms with van der Waals surface area (Å²) in [6.45, 7) is 4.70. The van der Waals surface area contributed by atoms with Gasteiger partial charge in [0.25, 0.3) is 5.91 Å². The molecular formula is C22H25N3O3. The second kappa shape index (κ2) is 8.17. The minimum atomic E-state index is -0.0927. The van der Waals surface area contributed by atoms with Crippen molar-refractivity contribution in [3.63, 3.8) is 0 Å². The zero-order valence-electron chi connectivity index (χ0n) is 16.9. The molecule has 0 aliphatic rings. The van der Waals surface area contributed by atoms with Crippen molar-refractivity contribution in [1.29, 1.82) is 0 Å². The molecule has 3 aromatic rings. The SMILES string of the molecule is COc1ccc(N(C)C(=O)c2ccc(Cn3nc(C)cc3C)cc2)cc1OC. The van der Waals surface area contributed by atoms with Crippen molar-refractivity contribution in [2.75, 3.05) is 26.2 Å². The van der Waals surface area contributed by atoms with Crippen molar-refractivity contribution in [2.24, 2.45) is 0 Å².